The molecule has 2 heterocycles. The Morgan fingerprint density at radius 3 is 2.67 bits per heavy atom. The highest BCUT2D eigenvalue weighted by molar-refractivity contribution is 6.31. The average molecular weight is 348 g/mol. The first kappa shape index (κ1) is 16.6. The molecule has 0 bridgehead atoms. The Balaban J connectivity index is 2.25. The summed E-state index contributed by atoms with van der Waals surface area (Å²) in [5, 5.41) is 9.95. The van der Waals surface area contributed by atoms with Crippen LogP contribution in [-0.4, -0.2) is 28.7 Å². The molecule has 0 fully saturated rings. The summed E-state index contributed by atoms with van der Waals surface area (Å²) in [7, 11) is 1.35. The van der Waals surface area contributed by atoms with E-state index in [1.54, 1.807) is 18.2 Å². The van der Waals surface area contributed by atoms with Crippen molar-refractivity contribution < 1.29 is 19.4 Å². The molecule has 1 aliphatic heterocycles. The van der Waals surface area contributed by atoms with Crippen LogP contribution >= 0.6 is 11.6 Å². The first-order valence-electron chi connectivity index (χ1n) is 7.87. The fraction of sp³-hybridized carbons (Fsp3) is 0.333. The van der Waals surface area contributed by atoms with E-state index >= 15 is 0 Å². The maximum absolute atomic E-state index is 12.2. The maximum Gasteiger partial charge on any atom is 0.339 e. The summed E-state index contributed by atoms with van der Waals surface area (Å²) < 4.78 is 6.94. The van der Waals surface area contributed by atoms with Crippen LogP contribution in [0, 0.1) is 0 Å². The fourth-order valence-electron chi connectivity index (χ4n) is 3.28. The highest BCUT2D eigenvalue weighted by Gasteiger charge is 2.25. The third-order valence-corrected chi connectivity index (χ3v) is 4.63. The number of aromatic nitrogens is 1. The second kappa shape index (κ2) is 6.69. The molecule has 24 heavy (non-hydrogen) atoms. The second-order valence-electron chi connectivity index (χ2n) is 5.84. The molecule has 0 atom stereocenters. The van der Waals surface area contributed by atoms with E-state index in [1.807, 2.05) is 4.57 Å². The molecular weight excluding hydrogens is 330 g/mol. The summed E-state index contributed by atoms with van der Waals surface area (Å²) >= 11 is 6.09. The van der Waals surface area contributed by atoms with E-state index in [0.717, 1.165) is 37.9 Å². The molecule has 1 aromatic heterocycles. The number of carbonyl (C=O) groups excluding carboxylic acids is 1. The molecule has 0 amide bonds. The Morgan fingerprint density at radius 2 is 1.96 bits per heavy atom. The van der Waals surface area contributed by atoms with Gasteiger partial charge in [0.25, 0.3) is 0 Å². The predicted octanol–water partition coefficient (Wildman–Crippen LogP) is 4.02. The summed E-state index contributed by atoms with van der Waals surface area (Å²) in [5.41, 5.74) is 2.80. The minimum Gasteiger partial charge on any atom is -0.478 e. The number of ether oxygens (including phenoxy) is 1. The number of benzene rings is 1. The lowest BCUT2D eigenvalue weighted by molar-refractivity contribution is 0.0598. The molecule has 3 rings (SSSR count). The quantitative estimate of drug-likeness (QED) is 0.851. The van der Waals surface area contributed by atoms with Gasteiger partial charge in [-0.25, -0.2) is 9.59 Å². The van der Waals surface area contributed by atoms with Gasteiger partial charge in [0, 0.05) is 22.8 Å². The zero-order chi connectivity index (χ0) is 17.3. The molecule has 0 aliphatic carbocycles. The summed E-state index contributed by atoms with van der Waals surface area (Å²) in [6, 6.07) is 6.42. The third kappa shape index (κ3) is 2.91. The number of rotatable bonds is 3. The van der Waals surface area contributed by atoms with Crippen molar-refractivity contribution in [3.63, 3.8) is 0 Å². The van der Waals surface area contributed by atoms with E-state index in [4.69, 9.17) is 16.3 Å². The highest BCUT2D eigenvalue weighted by Crippen LogP contribution is 2.33. The minimum absolute atomic E-state index is 0.167. The molecule has 6 heteroatoms. The zero-order valence-corrected chi connectivity index (χ0v) is 14.1. The van der Waals surface area contributed by atoms with Gasteiger partial charge >= 0.3 is 11.9 Å². The second-order valence-corrected chi connectivity index (χ2v) is 6.28. The molecule has 1 aromatic carbocycles. The van der Waals surface area contributed by atoms with E-state index in [2.05, 4.69) is 0 Å². The molecule has 0 spiro atoms. The number of aromatic carboxylic acids is 1. The Labute approximate surface area is 144 Å². The van der Waals surface area contributed by atoms with Crippen LogP contribution in [-0.2, 0) is 17.7 Å². The molecule has 126 valence electrons. The van der Waals surface area contributed by atoms with E-state index in [-0.39, 0.29) is 5.56 Å². The number of hydrogen-bond donors (Lipinski definition) is 1. The number of fused-ring (bicyclic) bond motifs is 1. The number of halogens is 1. The monoisotopic (exact) mass is 347 g/mol. The van der Waals surface area contributed by atoms with Gasteiger partial charge in [-0.1, -0.05) is 18.0 Å². The number of esters is 1. The smallest absolute Gasteiger partial charge is 0.339 e. The summed E-state index contributed by atoms with van der Waals surface area (Å²) in [4.78, 5) is 23.7. The SMILES string of the molecule is COC(=O)c1cc(-c2cc(Cl)ccc2C(=O)O)n2c1CCCCC2. The van der Waals surface area contributed by atoms with Crippen molar-refractivity contribution in [2.45, 2.75) is 32.2 Å². The Kier molecular flexibility index (Phi) is 4.62. The Bertz CT molecular complexity index is 810. The van der Waals surface area contributed by atoms with Gasteiger partial charge in [-0.15, -0.1) is 0 Å². The van der Waals surface area contributed by atoms with Gasteiger partial charge in [0.2, 0.25) is 0 Å². The summed E-state index contributed by atoms with van der Waals surface area (Å²) in [6.07, 6.45) is 3.82. The number of carbonyl (C=O) groups is 2. The minimum atomic E-state index is -1.02. The number of carboxylic acid groups (broad SMARTS) is 1. The van der Waals surface area contributed by atoms with Gasteiger partial charge in [0.1, 0.15) is 0 Å². The Morgan fingerprint density at radius 1 is 1.17 bits per heavy atom. The van der Waals surface area contributed by atoms with Gasteiger partial charge < -0.3 is 14.4 Å². The third-order valence-electron chi connectivity index (χ3n) is 4.40. The van der Waals surface area contributed by atoms with E-state index < -0.39 is 11.9 Å². The predicted molar refractivity (Wildman–Crippen MR) is 90.7 cm³/mol. The lowest BCUT2D eigenvalue weighted by Gasteiger charge is -2.13. The number of carboxylic acids is 1. The number of nitrogens with zero attached hydrogens (tertiary/aromatic N) is 1. The standard InChI is InChI=1S/C18H18ClNO4/c1-24-18(23)14-10-16(20-8-4-2-3-5-15(14)20)13-9-11(19)6-7-12(13)17(21)22/h6-7,9-10H,2-5,8H2,1H3,(H,21,22). The molecule has 1 N–H and O–H groups in total. The zero-order valence-electron chi connectivity index (χ0n) is 13.3. The fourth-order valence-corrected chi connectivity index (χ4v) is 3.45. The molecule has 0 saturated carbocycles. The molecule has 5 nitrogen and oxygen atoms in total. The van der Waals surface area contributed by atoms with Gasteiger partial charge in [0.05, 0.1) is 23.9 Å². The van der Waals surface area contributed by atoms with E-state index in [9.17, 15) is 14.7 Å². The van der Waals surface area contributed by atoms with Crippen molar-refractivity contribution in [3.8, 4) is 11.3 Å². The average Bonchev–Trinajstić information content (AvgIpc) is 2.75. The van der Waals surface area contributed by atoms with Gasteiger partial charge in [-0.2, -0.15) is 0 Å². The van der Waals surface area contributed by atoms with Crippen LogP contribution in [0.3, 0.4) is 0 Å². The number of methoxy groups -OCH3 is 1. The van der Waals surface area contributed by atoms with Crippen LogP contribution in [0.2, 0.25) is 5.02 Å². The normalized spacial score (nSPS) is 13.9. The van der Waals surface area contributed by atoms with Crippen LogP contribution in [0.1, 0.15) is 45.7 Å². The maximum atomic E-state index is 12.2. The topological polar surface area (TPSA) is 68.5 Å². The lowest BCUT2D eigenvalue weighted by atomic mass is 10.0. The van der Waals surface area contributed by atoms with Crippen LogP contribution in [0.25, 0.3) is 11.3 Å². The van der Waals surface area contributed by atoms with Crippen LogP contribution in [0.5, 0.6) is 0 Å². The molecule has 0 unspecified atom stereocenters. The Hall–Kier alpha value is -2.27. The molecular formula is C18H18ClNO4. The van der Waals surface area contributed by atoms with Crippen LogP contribution < -0.4 is 0 Å². The molecule has 2 aromatic rings. The van der Waals surface area contributed by atoms with E-state index in [1.165, 1.54) is 13.2 Å². The summed E-state index contributed by atoms with van der Waals surface area (Å²) in [6.45, 7) is 0.743. The van der Waals surface area contributed by atoms with Crippen molar-refractivity contribution in [1.29, 1.82) is 0 Å². The molecule has 0 saturated heterocycles. The highest BCUT2D eigenvalue weighted by atomic mass is 35.5. The van der Waals surface area contributed by atoms with Crippen molar-refractivity contribution >= 4 is 23.5 Å². The van der Waals surface area contributed by atoms with Crippen molar-refractivity contribution in [2.75, 3.05) is 7.11 Å². The first-order chi connectivity index (χ1) is 11.5. The largest absolute Gasteiger partial charge is 0.478 e. The van der Waals surface area contributed by atoms with Crippen molar-refractivity contribution in [2.24, 2.45) is 0 Å². The molecule has 0 radical (unpaired) electrons. The van der Waals surface area contributed by atoms with Crippen LogP contribution in [0.4, 0.5) is 0 Å². The van der Waals surface area contributed by atoms with Gasteiger partial charge in [0.15, 0.2) is 0 Å². The first-order valence-corrected chi connectivity index (χ1v) is 8.24. The summed E-state index contributed by atoms with van der Waals surface area (Å²) in [5.74, 6) is -1.42. The van der Waals surface area contributed by atoms with E-state index in [0.29, 0.717) is 21.8 Å². The van der Waals surface area contributed by atoms with Crippen molar-refractivity contribution in [1.82, 2.24) is 4.57 Å². The van der Waals surface area contributed by atoms with Crippen LogP contribution in [0.15, 0.2) is 24.3 Å². The van der Waals surface area contributed by atoms with Gasteiger partial charge in [-0.3, -0.25) is 0 Å². The van der Waals surface area contributed by atoms with Gasteiger partial charge in [-0.05, 0) is 43.5 Å². The lowest BCUT2D eigenvalue weighted by Crippen LogP contribution is -2.08. The molecule has 1 aliphatic rings. The van der Waals surface area contributed by atoms with Crippen molar-refractivity contribution in [3.05, 3.63) is 46.1 Å². The number of hydrogen-bond acceptors (Lipinski definition) is 3.